The van der Waals surface area contributed by atoms with Crippen LogP contribution in [0.2, 0.25) is 0 Å². The molecule has 19 heavy (non-hydrogen) atoms. The Morgan fingerprint density at radius 2 is 1.89 bits per heavy atom. The van der Waals surface area contributed by atoms with Crippen molar-refractivity contribution in [2.75, 3.05) is 14.2 Å². The van der Waals surface area contributed by atoms with Crippen LogP contribution < -0.4 is 10.5 Å². The van der Waals surface area contributed by atoms with Gasteiger partial charge in [0.15, 0.2) is 0 Å². The SMILES string of the molecule is COCc1ccc(OC)c(C2(N)CCCCC2)c1F. The Morgan fingerprint density at radius 3 is 2.47 bits per heavy atom. The maximum absolute atomic E-state index is 14.7. The largest absolute Gasteiger partial charge is 0.496 e. The van der Waals surface area contributed by atoms with Crippen molar-refractivity contribution in [2.24, 2.45) is 5.73 Å². The Hall–Kier alpha value is -1.13. The minimum atomic E-state index is -0.614. The van der Waals surface area contributed by atoms with Gasteiger partial charge in [-0.05, 0) is 18.9 Å². The van der Waals surface area contributed by atoms with E-state index < -0.39 is 5.54 Å². The first-order chi connectivity index (χ1) is 9.12. The van der Waals surface area contributed by atoms with Crippen LogP contribution in [0.1, 0.15) is 43.2 Å². The summed E-state index contributed by atoms with van der Waals surface area (Å²) in [5.41, 5.74) is 6.90. The standard InChI is InChI=1S/C15H22FNO2/c1-18-10-11-6-7-12(19-2)13(14(11)16)15(17)8-4-3-5-9-15/h6-7H,3-5,8-10,17H2,1-2H3. The van der Waals surface area contributed by atoms with Crippen LogP contribution in [-0.4, -0.2) is 14.2 Å². The number of methoxy groups -OCH3 is 2. The molecule has 1 aromatic rings. The average molecular weight is 267 g/mol. The highest BCUT2D eigenvalue weighted by atomic mass is 19.1. The van der Waals surface area contributed by atoms with E-state index in [0.29, 0.717) is 16.9 Å². The number of rotatable bonds is 4. The second kappa shape index (κ2) is 5.88. The van der Waals surface area contributed by atoms with Gasteiger partial charge in [-0.3, -0.25) is 0 Å². The van der Waals surface area contributed by atoms with E-state index in [-0.39, 0.29) is 12.4 Å². The van der Waals surface area contributed by atoms with E-state index in [1.165, 1.54) is 6.42 Å². The Balaban J connectivity index is 2.48. The van der Waals surface area contributed by atoms with E-state index in [0.717, 1.165) is 25.7 Å². The Kier molecular flexibility index (Phi) is 4.42. The summed E-state index contributed by atoms with van der Waals surface area (Å²) >= 11 is 0. The molecule has 0 atom stereocenters. The highest BCUT2D eigenvalue weighted by Gasteiger charge is 2.35. The van der Waals surface area contributed by atoms with Gasteiger partial charge in [0.05, 0.1) is 13.7 Å². The van der Waals surface area contributed by atoms with Crippen molar-refractivity contribution in [3.05, 3.63) is 29.1 Å². The molecule has 1 saturated carbocycles. The first-order valence-corrected chi connectivity index (χ1v) is 6.76. The van der Waals surface area contributed by atoms with E-state index in [2.05, 4.69) is 0 Å². The van der Waals surface area contributed by atoms with Gasteiger partial charge in [0, 0.05) is 23.8 Å². The van der Waals surface area contributed by atoms with E-state index in [1.54, 1.807) is 26.4 Å². The van der Waals surface area contributed by atoms with Crippen LogP contribution in [0.25, 0.3) is 0 Å². The normalized spacial score (nSPS) is 18.3. The summed E-state index contributed by atoms with van der Waals surface area (Å²) in [6, 6.07) is 3.49. The lowest BCUT2D eigenvalue weighted by Crippen LogP contribution is -2.40. The zero-order valence-electron chi connectivity index (χ0n) is 11.7. The van der Waals surface area contributed by atoms with Crippen LogP contribution in [0.5, 0.6) is 5.75 Å². The van der Waals surface area contributed by atoms with Crippen LogP contribution in [0.15, 0.2) is 12.1 Å². The summed E-state index contributed by atoms with van der Waals surface area (Å²) in [5, 5.41) is 0. The lowest BCUT2D eigenvalue weighted by Gasteiger charge is -2.35. The van der Waals surface area contributed by atoms with Gasteiger partial charge in [0.2, 0.25) is 0 Å². The molecule has 1 fully saturated rings. The number of hydrogen-bond acceptors (Lipinski definition) is 3. The van der Waals surface area contributed by atoms with Gasteiger partial charge in [0.1, 0.15) is 11.6 Å². The third kappa shape index (κ3) is 2.74. The number of ether oxygens (including phenoxy) is 2. The summed E-state index contributed by atoms with van der Waals surface area (Å²) in [6.07, 6.45) is 4.84. The fourth-order valence-electron chi connectivity index (χ4n) is 2.94. The predicted octanol–water partition coefficient (Wildman–Crippen LogP) is 3.10. The maximum Gasteiger partial charge on any atom is 0.137 e. The molecule has 0 radical (unpaired) electrons. The third-order valence-electron chi connectivity index (χ3n) is 3.95. The van der Waals surface area contributed by atoms with Gasteiger partial charge < -0.3 is 15.2 Å². The van der Waals surface area contributed by atoms with Gasteiger partial charge >= 0.3 is 0 Å². The Morgan fingerprint density at radius 1 is 1.21 bits per heavy atom. The number of hydrogen-bond donors (Lipinski definition) is 1. The van der Waals surface area contributed by atoms with Gasteiger partial charge in [-0.15, -0.1) is 0 Å². The molecule has 1 aromatic carbocycles. The Labute approximate surface area is 113 Å². The van der Waals surface area contributed by atoms with Crippen molar-refractivity contribution in [2.45, 2.75) is 44.2 Å². The summed E-state index contributed by atoms with van der Waals surface area (Å²) < 4.78 is 25.0. The van der Waals surface area contributed by atoms with Gasteiger partial charge in [-0.25, -0.2) is 4.39 Å². The molecule has 0 aromatic heterocycles. The minimum Gasteiger partial charge on any atom is -0.496 e. The average Bonchev–Trinajstić information content (AvgIpc) is 2.41. The smallest absolute Gasteiger partial charge is 0.137 e. The summed E-state index contributed by atoms with van der Waals surface area (Å²) in [5.74, 6) is 0.271. The van der Waals surface area contributed by atoms with Crippen LogP contribution in [-0.2, 0) is 16.9 Å². The highest BCUT2D eigenvalue weighted by molar-refractivity contribution is 5.43. The molecule has 3 nitrogen and oxygen atoms in total. The molecule has 0 unspecified atom stereocenters. The summed E-state index contributed by atoms with van der Waals surface area (Å²) in [4.78, 5) is 0. The van der Waals surface area contributed by atoms with Crippen molar-refractivity contribution in [1.82, 2.24) is 0 Å². The first-order valence-electron chi connectivity index (χ1n) is 6.76. The zero-order chi connectivity index (χ0) is 13.9. The van der Waals surface area contributed by atoms with Crippen LogP contribution in [0.3, 0.4) is 0 Å². The van der Waals surface area contributed by atoms with Crippen molar-refractivity contribution in [1.29, 1.82) is 0 Å². The molecule has 1 aliphatic carbocycles. The highest BCUT2D eigenvalue weighted by Crippen LogP contribution is 2.41. The van der Waals surface area contributed by atoms with E-state index in [4.69, 9.17) is 15.2 Å². The quantitative estimate of drug-likeness (QED) is 0.911. The number of benzene rings is 1. The van der Waals surface area contributed by atoms with Gasteiger partial charge in [-0.1, -0.05) is 25.3 Å². The lowest BCUT2D eigenvalue weighted by molar-refractivity contribution is 0.180. The molecule has 0 amide bonds. The van der Waals surface area contributed by atoms with Gasteiger partial charge in [0.25, 0.3) is 0 Å². The molecule has 2 N–H and O–H groups in total. The molecule has 1 aliphatic rings. The number of nitrogens with two attached hydrogens (primary N) is 1. The lowest BCUT2D eigenvalue weighted by atomic mass is 9.76. The number of halogens is 1. The monoisotopic (exact) mass is 267 g/mol. The molecule has 0 aliphatic heterocycles. The van der Waals surface area contributed by atoms with Crippen molar-refractivity contribution in [3.63, 3.8) is 0 Å². The van der Waals surface area contributed by atoms with Crippen LogP contribution in [0.4, 0.5) is 4.39 Å². The molecule has 2 rings (SSSR count). The second-order valence-electron chi connectivity index (χ2n) is 5.27. The molecule has 0 saturated heterocycles. The molecular weight excluding hydrogens is 245 g/mol. The molecule has 106 valence electrons. The molecule has 0 spiro atoms. The minimum absolute atomic E-state index is 0.249. The van der Waals surface area contributed by atoms with Crippen molar-refractivity contribution >= 4 is 0 Å². The zero-order valence-corrected chi connectivity index (χ0v) is 11.7. The summed E-state index contributed by atoms with van der Waals surface area (Å²) in [7, 11) is 3.11. The fraction of sp³-hybridized carbons (Fsp3) is 0.600. The topological polar surface area (TPSA) is 44.5 Å². The first kappa shape index (κ1) is 14.3. The fourth-order valence-corrected chi connectivity index (χ4v) is 2.94. The second-order valence-corrected chi connectivity index (χ2v) is 5.27. The molecular formula is C15H22FNO2. The predicted molar refractivity (Wildman–Crippen MR) is 72.6 cm³/mol. The third-order valence-corrected chi connectivity index (χ3v) is 3.95. The van der Waals surface area contributed by atoms with Crippen LogP contribution in [0, 0.1) is 5.82 Å². The van der Waals surface area contributed by atoms with Crippen LogP contribution >= 0.6 is 0 Å². The van der Waals surface area contributed by atoms with Gasteiger partial charge in [-0.2, -0.15) is 0 Å². The molecule has 0 heterocycles. The molecule has 0 bridgehead atoms. The maximum atomic E-state index is 14.7. The van der Waals surface area contributed by atoms with E-state index in [9.17, 15) is 4.39 Å². The molecule has 4 heteroatoms. The van der Waals surface area contributed by atoms with Crippen molar-refractivity contribution < 1.29 is 13.9 Å². The van der Waals surface area contributed by atoms with Crippen molar-refractivity contribution in [3.8, 4) is 5.75 Å². The van der Waals surface area contributed by atoms with E-state index >= 15 is 0 Å². The Bertz CT molecular complexity index is 442. The van der Waals surface area contributed by atoms with E-state index in [1.807, 2.05) is 0 Å². The summed E-state index contributed by atoms with van der Waals surface area (Å²) in [6.45, 7) is 0.249.